The standard InChI is InChI=1S/C15H28N2O/c1-17-7-3-5-14(10-17)15(11-18-12-15)8-13-4-2-6-16-9-13/h13-14,16H,2-12H2,1H3. The second kappa shape index (κ2) is 5.48. The first kappa shape index (κ1) is 12.9. The number of rotatable bonds is 3. The third-order valence-electron chi connectivity index (χ3n) is 5.36. The molecule has 2 unspecified atom stereocenters. The Morgan fingerprint density at radius 2 is 2.17 bits per heavy atom. The van der Waals surface area contributed by atoms with Crippen LogP contribution in [0.4, 0.5) is 0 Å². The maximum Gasteiger partial charge on any atom is 0.0548 e. The van der Waals surface area contributed by atoms with Gasteiger partial charge in [0.1, 0.15) is 0 Å². The van der Waals surface area contributed by atoms with E-state index in [2.05, 4.69) is 17.3 Å². The molecule has 3 fully saturated rings. The Hall–Kier alpha value is -0.120. The van der Waals surface area contributed by atoms with Gasteiger partial charge in [0.15, 0.2) is 0 Å². The van der Waals surface area contributed by atoms with Crippen molar-refractivity contribution in [3.05, 3.63) is 0 Å². The zero-order chi connectivity index (χ0) is 12.4. The number of hydrogen-bond donors (Lipinski definition) is 1. The van der Waals surface area contributed by atoms with Gasteiger partial charge in [-0.3, -0.25) is 0 Å². The topological polar surface area (TPSA) is 24.5 Å². The summed E-state index contributed by atoms with van der Waals surface area (Å²) in [6.45, 7) is 7.11. The molecule has 3 heteroatoms. The van der Waals surface area contributed by atoms with Gasteiger partial charge in [-0.05, 0) is 70.6 Å². The predicted molar refractivity (Wildman–Crippen MR) is 73.7 cm³/mol. The normalized spacial score (nSPS) is 37.2. The number of nitrogens with one attached hydrogen (secondary N) is 1. The van der Waals surface area contributed by atoms with Crippen LogP contribution >= 0.6 is 0 Å². The van der Waals surface area contributed by atoms with Crippen LogP contribution in [0, 0.1) is 17.3 Å². The fourth-order valence-corrected chi connectivity index (χ4v) is 4.22. The number of ether oxygens (including phenoxy) is 1. The molecule has 0 amide bonds. The molecular formula is C15H28N2O. The molecule has 1 N–H and O–H groups in total. The Morgan fingerprint density at radius 1 is 1.28 bits per heavy atom. The Bertz CT molecular complexity index is 272. The molecule has 0 radical (unpaired) electrons. The van der Waals surface area contributed by atoms with E-state index in [1.165, 1.54) is 58.3 Å². The largest absolute Gasteiger partial charge is 0.380 e. The molecule has 0 aromatic heterocycles. The maximum absolute atomic E-state index is 5.63. The van der Waals surface area contributed by atoms with Crippen molar-refractivity contribution in [1.29, 1.82) is 0 Å². The minimum Gasteiger partial charge on any atom is -0.380 e. The Kier molecular flexibility index (Phi) is 3.92. The Morgan fingerprint density at radius 3 is 2.78 bits per heavy atom. The van der Waals surface area contributed by atoms with Crippen LogP contribution in [0.25, 0.3) is 0 Å². The smallest absolute Gasteiger partial charge is 0.0548 e. The van der Waals surface area contributed by atoms with E-state index in [1.807, 2.05) is 0 Å². The Labute approximate surface area is 111 Å². The van der Waals surface area contributed by atoms with Crippen LogP contribution in [0.5, 0.6) is 0 Å². The van der Waals surface area contributed by atoms with Gasteiger partial charge in [-0.2, -0.15) is 0 Å². The lowest BCUT2D eigenvalue weighted by atomic mass is 9.65. The molecule has 104 valence electrons. The highest BCUT2D eigenvalue weighted by Gasteiger charge is 2.47. The number of piperidine rings is 2. The average Bonchev–Trinajstić information content (AvgIpc) is 2.35. The lowest BCUT2D eigenvalue weighted by Gasteiger charge is -2.52. The summed E-state index contributed by atoms with van der Waals surface area (Å²) in [5, 5.41) is 3.57. The van der Waals surface area contributed by atoms with Crippen molar-refractivity contribution in [2.45, 2.75) is 32.1 Å². The van der Waals surface area contributed by atoms with Crippen molar-refractivity contribution in [1.82, 2.24) is 10.2 Å². The summed E-state index contributed by atoms with van der Waals surface area (Å²) in [4.78, 5) is 2.52. The second-order valence-electron chi connectivity index (χ2n) is 6.87. The third-order valence-corrected chi connectivity index (χ3v) is 5.36. The molecule has 3 aliphatic rings. The molecule has 0 spiro atoms. The summed E-state index contributed by atoms with van der Waals surface area (Å²) >= 11 is 0. The van der Waals surface area contributed by atoms with Gasteiger partial charge >= 0.3 is 0 Å². The monoisotopic (exact) mass is 252 g/mol. The van der Waals surface area contributed by atoms with Crippen LogP contribution in [0.15, 0.2) is 0 Å². The van der Waals surface area contributed by atoms with Gasteiger partial charge in [0.05, 0.1) is 13.2 Å². The van der Waals surface area contributed by atoms with E-state index in [0.29, 0.717) is 5.41 Å². The first-order chi connectivity index (χ1) is 8.78. The fraction of sp³-hybridized carbons (Fsp3) is 1.00. The highest BCUT2D eigenvalue weighted by Crippen LogP contribution is 2.46. The van der Waals surface area contributed by atoms with Crippen molar-refractivity contribution >= 4 is 0 Å². The minimum atomic E-state index is 0.526. The number of nitrogens with zero attached hydrogens (tertiary/aromatic N) is 1. The number of hydrogen-bond acceptors (Lipinski definition) is 3. The molecule has 0 bridgehead atoms. The molecule has 0 saturated carbocycles. The quantitative estimate of drug-likeness (QED) is 0.828. The molecule has 0 aromatic rings. The van der Waals surface area contributed by atoms with Crippen LogP contribution in [0.1, 0.15) is 32.1 Å². The average molecular weight is 252 g/mol. The Balaban J connectivity index is 1.61. The molecule has 0 aromatic carbocycles. The van der Waals surface area contributed by atoms with Crippen molar-refractivity contribution in [3.8, 4) is 0 Å². The van der Waals surface area contributed by atoms with Crippen LogP contribution in [0.2, 0.25) is 0 Å². The van der Waals surface area contributed by atoms with Crippen molar-refractivity contribution in [3.63, 3.8) is 0 Å². The fourth-order valence-electron chi connectivity index (χ4n) is 4.22. The van der Waals surface area contributed by atoms with Crippen LogP contribution in [-0.4, -0.2) is 51.3 Å². The van der Waals surface area contributed by atoms with Crippen LogP contribution in [-0.2, 0) is 4.74 Å². The van der Waals surface area contributed by atoms with Crippen molar-refractivity contribution in [2.75, 3.05) is 46.4 Å². The molecule has 3 nitrogen and oxygen atoms in total. The zero-order valence-electron chi connectivity index (χ0n) is 11.8. The summed E-state index contributed by atoms with van der Waals surface area (Å²) < 4.78 is 5.63. The van der Waals surface area contributed by atoms with Gasteiger partial charge in [0.25, 0.3) is 0 Å². The predicted octanol–water partition coefficient (Wildman–Crippen LogP) is 1.73. The molecule has 3 heterocycles. The van der Waals surface area contributed by atoms with Gasteiger partial charge in [0, 0.05) is 12.0 Å². The summed E-state index contributed by atoms with van der Waals surface area (Å²) in [5.41, 5.74) is 0.526. The second-order valence-corrected chi connectivity index (χ2v) is 6.87. The zero-order valence-corrected chi connectivity index (χ0v) is 11.8. The first-order valence-corrected chi connectivity index (χ1v) is 7.75. The molecule has 3 saturated heterocycles. The highest BCUT2D eigenvalue weighted by molar-refractivity contribution is 4.96. The van der Waals surface area contributed by atoms with E-state index < -0.39 is 0 Å². The van der Waals surface area contributed by atoms with Gasteiger partial charge in [0.2, 0.25) is 0 Å². The highest BCUT2D eigenvalue weighted by atomic mass is 16.5. The lowest BCUT2D eigenvalue weighted by molar-refractivity contribution is -0.167. The summed E-state index contributed by atoms with van der Waals surface area (Å²) in [6, 6.07) is 0. The van der Waals surface area contributed by atoms with Crippen LogP contribution in [0.3, 0.4) is 0 Å². The molecule has 3 aliphatic heterocycles. The molecule has 18 heavy (non-hydrogen) atoms. The number of likely N-dealkylation sites (tertiary alicyclic amines) is 1. The van der Waals surface area contributed by atoms with Crippen LogP contribution < -0.4 is 5.32 Å². The van der Waals surface area contributed by atoms with E-state index in [4.69, 9.17) is 4.74 Å². The van der Waals surface area contributed by atoms with Gasteiger partial charge in [-0.1, -0.05) is 0 Å². The van der Waals surface area contributed by atoms with Gasteiger partial charge < -0.3 is 15.0 Å². The van der Waals surface area contributed by atoms with E-state index in [-0.39, 0.29) is 0 Å². The maximum atomic E-state index is 5.63. The van der Waals surface area contributed by atoms with Crippen molar-refractivity contribution in [2.24, 2.45) is 17.3 Å². The molecule has 2 atom stereocenters. The summed E-state index contributed by atoms with van der Waals surface area (Å²) in [6.07, 6.45) is 7.00. The molecule has 3 rings (SSSR count). The third kappa shape index (κ3) is 2.59. The van der Waals surface area contributed by atoms with Gasteiger partial charge in [-0.15, -0.1) is 0 Å². The van der Waals surface area contributed by atoms with E-state index in [9.17, 15) is 0 Å². The summed E-state index contributed by atoms with van der Waals surface area (Å²) in [5.74, 6) is 1.78. The summed E-state index contributed by atoms with van der Waals surface area (Å²) in [7, 11) is 2.28. The van der Waals surface area contributed by atoms with E-state index >= 15 is 0 Å². The lowest BCUT2D eigenvalue weighted by Crippen LogP contribution is -2.54. The SMILES string of the molecule is CN1CCCC(C2(CC3CCCNC3)COC2)C1. The van der Waals surface area contributed by atoms with Gasteiger partial charge in [-0.25, -0.2) is 0 Å². The van der Waals surface area contributed by atoms with Crippen molar-refractivity contribution < 1.29 is 4.74 Å². The van der Waals surface area contributed by atoms with E-state index in [0.717, 1.165) is 25.0 Å². The van der Waals surface area contributed by atoms with E-state index in [1.54, 1.807) is 0 Å². The molecular weight excluding hydrogens is 224 g/mol. The first-order valence-electron chi connectivity index (χ1n) is 7.75. The minimum absolute atomic E-state index is 0.526. The molecule has 0 aliphatic carbocycles.